The number of carbonyl (C=O) groups is 1. The average molecular weight is 482 g/mol. The van der Waals surface area contributed by atoms with Gasteiger partial charge < -0.3 is 4.90 Å². The molecule has 2 aromatic heterocycles. The third kappa shape index (κ3) is 4.41. The van der Waals surface area contributed by atoms with Gasteiger partial charge in [-0.2, -0.15) is 5.10 Å². The second-order valence-corrected chi connectivity index (χ2v) is 11.6. The summed E-state index contributed by atoms with van der Waals surface area (Å²) in [4.78, 5) is 20.5. The third-order valence-electron chi connectivity index (χ3n) is 6.90. The second-order valence-electron chi connectivity index (χ2n) is 9.80. The number of carbonyl (C=O) groups excluding carboxylic acids is 1. The van der Waals surface area contributed by atoms with Gasteiger partial charge in [0.25, 0.3) is 5.91 Å². The fraction of sp³-hybridized carbons (Fsp3) is 0.480. The highest BCUT2D eigenvalue weighted by molar-refractivity contribution is 7.92. The summed E-state index contributed by atoms with van der Waals surface area (Å²) in [7, 11) is -3.53. The summed E-state index contributed by atoms with van der Waals surface area (Å²) in [6.07, 6.45) is 6.19. The molecule has 1 N–H and O–H groups in total. The lowest BCUT2D eigenvalue weighted by atomic mass is 9.96. The van der Waals surface area contributed by atoms with Gasteiger partial charge in [0.1, 0.15) is 0 Å². The van der Waals surface area contributed by atoms with Crippen LogP contribution in [0.1, 0.15) is 82.6 Å². The molecule has 1 amide bonds. The second kappa shape index (κ2) is 8.37. The zero-order chi connectivity index (χ0) is 24.2. The summed E-state index contributed by atoms with van der Waals surface area (Å²) < 4.78 is 28.4. The van der Waals surface area contributed by atoms with E-state index >= 15 is 0 Å². The molecule has 1 aliphatic heterocycles. The molecule has 5 rings (SSSR count). The Bertz CT molecular complexity index is 1390. The fourth-order valence-electron chi connectivity index (χ4n) is 4.83. The van der Waals surface area contributed by atoms with Crippen molar-refractivity contribution in [2.24, 2.45) is 0 Å². The molecule has 1 aliphatic carbocycles. The molecule has 2 aliphatic rings. The standard InChI is InChI=1S/C25H31N5O3S/c1-15-11-19(21(12-16(15)2)28-34(4,32)33)25(31)29-10-6-5-7-23(29)22-14-24-26-20(18-8-9-18)13-17(3)30(24)27-22/h11-14,18,23,28H,5-10H2,1-4H3/t23-/m1/s1. The van der Waals surface area contributed by atoms with Crippen molar-refractivity contribution < 1.29 is 13.2 Å². The molecule has 180 valence electrons. The lowest BCUT2D eigenvalue weighted by Gasteiger charge is -2.35. The van der Waals surface area contributed by atoms with Gasteiger partial charge in [0.2, 0.25) is 10.0 Å². The number of hydrogen-bond donors (Lipinski definition) is 1. The molecule has 0 spiro atoms. The van der Waals surface area contributed by atoms with Crippen LogP contribution in [0.25, 0.3) is 5.65 Å². The smallest absolute Gasteiger partial charge is 0.256 e. The Labute approximate surface area is 200 Å². The number of aryl methyl sites for hydroxylation is 3. The molecule has 8 nitrogen and oxygen atoms in total. The van der Waals surface area contributed by atoms with Crippen LogP contribution in [0.15, 0.2) is 24.3 Å². The van der Waals surface area contributed by atoms with Crippen LogP contribution < -0.4 is 4.72 Å². The first kappa shape index (κ1) is 22.8. The van der Waals surface area contributed by atoms with Crippen molar-refractivity contribution >= 4 is 27.3 Å². The molecule has 0 radical (unpaired) electrons. The van der Waals surface area contributed by atoms with Gasteiger partial charge in [0, 0.05) is 29.9 Å². The maximum Gasteiger partial charge on any atom is 0.256 e. The minimum absolute atomic E-state index is 0.181. The molecule has 3 heterocycles. The Morgan fingerprint density at radius 1 is 1.00 bits per heavy atom. The molecule has 1 aromatic carbocycles. The molecule has 3 aromatic rings. The average Bonchev–Trinajstić information content (AvgIpc) is 3.53. The van der Waals surface area contributed by atoms with Crippen molar-refractivity contribution in [2.45, 2.75) is 64.8 Å². The van der Waals surface area contributed by atoms with Crippen molar-refractivity contribution in [3.63, 3.8) is 0 Å². The van der Waals surface area contributed by atoms with Crippen molar-refractivity contribution in [1.29, 1.82) is 0 Å². The number of anilines is 1. The Hall–Kier alpha value is -2.94. The topological polar surface area (TPSA) is 96.7 Å². The normalized spacial score (nSPS) is 18.9. The first-order chi connectivity index (χ1) is 16.1. The van der Waals surface area contributed by atoms with Crippen LogP contribution in [0.2, 0.25) is 0 Å². The summed E-state index contributed by atoms with van der Waals surface area (Å²) >= 11 is 0. The Balaban J connectivity index is 1.53. The highest BCUT2D eigenvalue weighted by atomic mass is 32.2. The maximum absolute atomic E-state index is 13.8. The number of rotatable bonds is 5. The van der Waals surface area contributed by atoms with Gasteiger partial charge in [0.05, 0.1) is 29.2 Å². The molecular formula is C25H31N5O3S. The van der Waals surface area contributed by atoms with Crippen LogP contribution in [-0.4, -0.2) is 46.6 Å². The van der Waals surface area contributed by atoms with E-state index in [4.69, 9.17) is 10.1 Å². The first-order valence-corrected chi connectivity index (χ1v) is 13.8. The number of amides is 1. The van der Waals surface area contributed by atoms with Crippen LogP contribution in [0.3, 0.4) is 0 Å². The van der Waals surface area contributed by atoms with Crippen molar-refractivity contribution in [3.05, 3.63) is 58.0 Å². The fourth-order valence-corrected chi connectivity index (χ4v) is 5.40. The van der Waals surface area contributed by atoms with E-state index in [1.165, 1.54) is 12.8 Å². The zero-order valence-corrected chi connectivity index (χ0v) is 20.9. The third-order valence-corrected chi connectivity index (χ3v) is 7.49. The van der Waals surface area contributed by atoms with E-state index in [2.05, 4.69) is 10.8 Å². The van der Waals surface area contributed by atoms with Gasteiger partial charge in [-0.05, 0) is 82.2 Å². The Kier molecular flexibility index (Phi) is 5.62. The van der Waals surface area contributed by atoms with Crippen LogP contribution in [0.5, 0.6) is 0 Å². The summed E-state index contributed by atoms with van der Waals surface area (Å²) in [5, 5.41) is 4.85. The number of piperidine rings is 1. The van der Waals surface area contributed by atoms with Crippen molar-refractivity contribution in [3.8, 4) is 0 Å². The van der Waals surface area contributed by atoms with Gasteiger partial charge in [-0.15, -0.1) is 0 Å². The van der Waals surface area contributed by atoms with E-state index in [-0.39, 0.29) is 11.9 Å². The van der Waals surface area contributed by atoms with Gasteiger partial charge in [-0.25, -0.2) is 17.9 Å². The molecule has 1 saturated carbocycles. The van der Waals surface area contributed by atoms with Crippen molar-refractivity contribution in [2.75, 3.05) is 17.5 Å². The minimum Gasteiger partial charge on any atom is -0.330 e. The number of nitrogens with zero attached hydrogens (tertiary/aromatic N) is 4. The number of fused-ring (bicyclic) bond motifs is 1. The number of nitrogens with one attached hydrogen (secondary N) is 1. The molecular weight excluding hydrogens is 450 g/mol. The van der Waals surface area contributed by atoms with Gasteiger partial charge in [-0.1, -0.05) is 0 Å². The number of hydrogen-bond acceptors (Lipinski definition) is 5. The zero-order valence-electron chi connectivity index (χ0n) is 20.1. The van der Waals surface area contributed by atoms with Gasteiger partial charge in [0.15, 0.2) is 5.65 Å². The molecule has 9 heteroatoms. The van der Waals surface area contributed by atoms with E-state index in [1.807, 2.05) is 36.3 Å². The molecule has 2 fully saturated rings. The number of likely N-dealkylation sites (tertiary alicyclic amines) is 1. The summed E-state index contributed by atoms with van der Waals surface area (Å²) in [5.74, 6) is 0.375. The number of aromatic nitrogens is 3. The van der Waals surface area contributed by atoms with E-state index in [0.29, 0.717) is 23.7 Å². The Morgan fingerprint density at radius 3 is 2.44 bits per heavy atom. The largest absolute Gasteiger partial charge is 0.330 e. The predicted octanol–water partition coefficient (Wildman–Crippen LogP) is 4.27. The van der Waals surface area contributed by atoms with Crippen LogP contribution in [-0.2, 0) is 10.0 Å². The van der Waals surface area contributed by atoms with Gasteiger partial charge >= 0.3 is 0 Å². The first-order valence-electron chi connectivity index (χ1n) is 11.9. The van der Waals surface area contributed by atoms with Crippen molar-refractivity contribution in [1.82, 2.24) is 19.5 Å². The summed E-state index contributed by atoms with van der Waals surface area (Å²) in [6, 6.07) is 7.46. The maximum atomic E-state index is 13.8. The quantitative estimate of drug-likeness (QED) is 0.587. The molecule has 1 saturated heterocycles. The highest BCUT2D eigenvalue weighted by Gasteiger charge is 2.33. The predicted molar refractivity (Wildman–Crippen MR) is 132 cm³/mol. The molecule has 34 heavy (non-hydrogen) atoms. The molecule has 0 bridgehead atoms. The number of benzene rings is 1. The SMILES string of the molecule is Cc1cc(NS(C)(=O)=O)c(C(=O)N2CCCC[C@@H]2c2cc3nc(C4CC4)cc(C)n3n2)cc1C. The lowest BCUT2D eigenvalue weighted by Crippen LogP contribution is -2.39. The van der Waals surface area contributed by atoms with Gasteiger partial charge in [-0.3, -0.25) is 9.52 Å². The summed E-state index contributed by atoms with van der Waals surface area (Å²) in [5.41, 5.74) is 6.37. The van der Waals surface area contributed by atoms with Crippen LogP contribution in [0, 0.1) is 20.8 Å². The van der Waals surface area contributed by atoms with E-state index < -0.39 is 10.0 Å². The van der Waals surface area contributed by atoms with E-state index in [9.17, 15) is 13.2 Å². The molecule has 0 unspecified atom stereocenters. The number of sulfonamides is 1. The lowest BCUT2D eigenvalue weighted by molar-refractivity contribution is 0.0606. The van der Waals surface area contributed by atoms with E-state index in [0.717, 1.165) is 59.4 Å². The van der Waals surface area contributed by atoms with E-state index in [1.54, 1.807) is 12.1 Å². The monoisotopic (exact) mass is 481 g/mol. The Morgan fingerprint density at radius 2 is 1.74 bits per heavy atom. The van der Waals surface area contributed by atoms with Crippen LogP contribution in [0.4, 0.5) is 5.69 Å². The highest BCUT2D eigenvalue weighted by Crippen LogP contribution is 2.40. The minimum atomic E-state index is -3.53. The summed E-state index contributed by atoms with van der Waals surface area (Å²) in [6.45, 7) is 6.47. The van der Waals surface area contributed by atoms with Crippen LogP contribution >= 0.6 is 0 Å². The molecule has 1 atom stereocenters.